The van der Waals surface area contributed by atoms with E-state index in [0.717, 1.165) is 78.0 Å². The van der Waals surface area contributed by atoms with Gasteiger partial charge in [-0.25, -0.2) is 4.98 Å². The number of nitrogens with zero attached hydrogens (tertiary/aromatic N) is 3. The topological polar surface area (TPSA) is 50.9 Å². The van der Waals surface area contributed by atoms with E-state index in [4.69, 9.17) is 16.8 Å². The molecule has 350 valence electrons. The zero-order chi connectivity index (χ0) is 53.6. The molecule has 0 amide bonds. The van der Waals surface area contributed by atoms with Crippen LogP contribution in [0.5, 0.6) is 5.75 Å². The molecule has 8 aromatic rings. The van der Waals surface area contributed by atoms with Crippen molar-refractivity contribution in [1.29, 1.82) is 0 Å². The van der Waals surface area contributed by atoms with Crippen molar-refractivity contribution in [3.8, 4) is 67.5 Å². The minimum atomic E-state index is -0.423. The van der Waals surface area contributed by atoms with Crippen molar-refractivity contribution in [3.63, 3.8) is 0 Å². The first-order valence-corrected chi connectivity index (χ1v) is 24.3. The van der Waals surface area contributed by atoms with E-state index in [1.165, 1.54) is 5.56 Å². The number of pyridine rings is 1. The lowest BCUT2D eigenvalue weighted by Gasteiger charge is -2.28. The average molecular weight is 905 g/mol. The van der Waals surface area contributed by atoms with E-state index in [1.54, 1.807) is 0 Å². The second-order valence-electron chi connectivity index (χ2n) is 23.5. The summed E-state index contributed by atoms with van der Waals surface area (Å²) in [6.45, 7) is 34.8. The van der Waals surface area contributed by atoms with Crippen LogP contribution in [-0.4, -0.2) is 19.6 Å². The van der Waals surface area contributed by atoms with Crippen molar-refractivity contribution in [2.45, 2.75) is 144 Å². The second-order valence-corrected chi connectivity index (χ2v) is 23.5. The van der Waals surface area contributed by atoms with E-state index in [1.807, 2.05) is 18.3 Å². The number of benzene rings is 6. The minimum Gasteiger partial charge on any atom is -0.507 e. The first-order chi connectivity index (χ1) is 33.9. The van der Waals surface area contributed by atoms with Crippen LogP contribution < -0.4 is 0 Å². The fourth-order valence-electron chi connectivity index (χ4n) is 9.20. The zero-order valence-corrected chi connectivity index (χ0v) is 43.3. The SMILES string of the molecule is [2H]c1c([2H])c([2H])c(-c2cc(C(C)C)c(-n3c(-c4cc(C(C)(C)C)cc(C(C)(C)C)c4O)nc4c(-c5cc(-c6cc(-c7ccc(C(C)(C)C)cc7)ccn6)cc(C(C)(C)C)c5)cccc43)c(C(C)C)c2)c([2H])c1[2H]. The van der Waals surface area contributed by atoms with Gasteiger partial charge in [0.2, 0.25) is 0 Å². The van der Waals surface area contributed by atoms with E-state index in [0.29, 0.717) is 17.0 Å². The van der Waals surface area contributed by atoms with E-state index < -0.39 is 11.5 Å². The van der Waals surface area contributed by atoms with Gasteiger partial charge in [0.15, 0.2) is 0 Å². The Bertz CT molecular complexity index is 3390. The Balaban J connectivity index is 1.47. The Hall–Kier alpha value is -6.26. The highest BCUT2D eigenvalue weighted by Gasteiger charge is 2.31. The third-order valence-electron chi connectivity index (χ3n) is 13.4. The number of fused-ring (bicyclic) bond motifs is 1. The minimum absolute atomic E-state index is 0.0485. The summed E-state index contributed by atoms with van der Waals surface area (Å²) in [7, 11) is 0. The fraction of sp³-hybridized carbons (Fsp3) is 0.344. The van der Waals surface area contributed by atoms with E-state index in [-0.39, 0.29) is 63.6 Å². The van der Waals surface area contributed by atoms with Crippen LogP contribution in [0.15, 0.2) is 133 Å². The number of phenols is 1. The number of aromatic hydroxyl groups is 1. The van der Waals surface area contributed by atoms with Gasteiger partial charge in [0.1, 0.15) is 11.6 Å². The van der Waals surface area contributed by atoms with Gasteiger partial charge in [0.25, 0.3) is 0 Å². The number of aromatic nitrogens is 3. The molecule has 68 heavy (non-hydrogen) atoms. The molecule has 0 aliphatic carbocycles. The number of hydrogen-bond donors (Lipinski definition) is 1. The van der Waals surface area contributed by atoms with Gasteiger partial charge in [0.05, 0.1) is 34.8 Å². The van der Waals surface area contributed by atoms with Gasteiger partial charge >= 0.3 is 0 Å². The summed E-state index contributed by atoms with van der Waals surface area (Å²) in [5, 5.41) is 12.7. The third kappa shape index (κ3) is 9.44. The third-order valence-corrected chi connectivity index (χ3v) is 13.4. The molecule has 1 N–H and O–H groups in total. The van der Waals surface area contributed by atoms with E-state index >= 15 is 0 Å². The monoisotopic (exact) mass is 905 g/mol. The summed E-state index contributed by atoms with van der Waals surface area (Å²) >= 11 is 0. The van der Waals surface area contributed by atoms with Crippen LogP contribution in [0.25, 0.3) is 72.7 Å². The summed E-state index contributed by atoms with van der Waals surface area (Å²) in [4.78, 5) is 10.7. The Morgan fingerprint density at radius 3 is 1.68 bits per heavy atom. The average Bonchev–Trinajstić information content (AvgIpc) is 3.70. The molecule has 8 rings (SSSR count). The zero-order valence-electron chi connectivity index (χ0n) is 48.3. The molecule has 0 fully saturated rings. The molecule has 0 unspecified atom stereocenters. The normalized spacial score (nSPS) is 13.8. The Morgan fingerprint density at radius 1 is 0.515 bits per heavy atom. The van der Waals surface area contributed by atoms with Crippen LogP contribution >= 0.6 is 0 Å². The first kappa shape index (κ1) is 41.9. The quantitative estimate of drug-likeness (QED) is 0.165. The maximum Gasteiger partial charge on any atom is 0.149 e. The maximum absolute atomic E-state index is 12.7. The van der Waals surface area contributed by atoms with Crippen LogP contribution in [-0.2, 0) is 21.7 Å². The first-order valence-electron chi connectivity index (χ1n) is 26.8. The van der Waals surface area contributed by atoms with Gasteiger partial charge < -0.3 is 5.11 Å². The number of hydrogen-bond acceptors (Lipinski definition) is 3. The maximum atomic E-state index is 12.7. The van der Waals surface area contributed by atoms with Gasteiger partial charge in [-0.05, 0) is 138 Å². The van der Waals surface area contributed by atoms with Gasteiger partial charge in [-0.3, -0.25) is 9.55 Å². The predicted octanol–water partition coefficient (Wildman–Crippen LogP) is 17.9. The Kier molecular flexibility index (Phi) is 10.9. The van der Waals surface area contributed by atoms with Crippen LogP contribution in [0.4, 0.5) is 0 Å². The molecule has 0 saturated heterocycles. The highest BCUT2D eigenvalue weighted by Crippen LogP contribution is 2.47. The van der Waals surface area contributed by atoms with Crippen LogP contribution in [0.1, 0.15) is 163 Å². The summed E-state index contributed by atoms with van der Waals surface area (Å²) < 4.78 is 45.8. The van der Waals surface area contributed by atoms with Crippen molar-refractivity contribution in [3.05, 3.63) is 167 Å². The Labute approximate surface area is 414 Å². The summed E-state index contributed by atoms with van der Waals surface area (Å²) in [5.74, 6) is 0.574. The van der Waals surface area contributed by atoms with Crippen LogP contribution in [0.2, 0.25) is 0 Å². The molecule has 0 bridgehead atoms. The molecule has 0 atom stereocenters. The molecule has 4 nitrogen and oxygen atoms in total. The molecule has 0 spiro atoms. The van der Waals surface area contributed by atoms with Gasteiger partial charge in [-0.1, -0.05) is 190 Å². The van der Waals surface area contributed by atoms with Gasteiger partial charge in [0, 0.05) is 22.9 Å². The van der Waals surface area contributed by atoms with Crippen LogP contribution in [0.3, 0.4) is 0 Å². The lowest BCUT2D eigenvalue weighted by atomic mass is 9.78. The van der Waals surface area contributed by atoms with Crippen molar-refractivity contribution in [2.24, 2.45) is 0 Å². The molecule has 6 aromatic carbocycles. The largest absolute Gasteiger partial charge is 0.507 e. The summed E-state index contributed by atoms with van der Waals surface area (Å²) in [6.07, 6.45) is 1.90. The lowest BCUT2D eigenvalue weighted by molar-refractivity contribution is 0.446. The standard InChI is InChI=1S/C64H73N3O/c1-39(2)51-34-44(41-21-18-17-19-22-41)35-52(40(3)4)58(51)67-56-24-20-23-50(57(56)66-60(67)53-37-49(63(11,12)13)38-54(59(53)68)64(14,15)16)45-31-46(33-48(32-45)62(8,9)10)55-36-43(29-30-65-55)42-25-27-47(28-26-42)61(5,6)7/h17-40,68H,1-16H3/i17D,18D,19D,21D,22D. The van der Waals surface area contributed by atoms with Crippen molar-refractivity contribution >= 4 is 11.0 Å². The van der Waals surface area contributed by atoms with Crippen molar-refractivity contribution in [1.82, 2.24) is 14.5 Å². The highest BCUT2D eigenvalue weighted by molar-refractivity contribution is 5.97. The molecule has 2 aromatic heterocycles. The molecule has 0 radical (unpaired) electrons. The number of imidazole rings is 1. The molecule has 0 saturated carbocycles. The van der Waals surface area contributed by atoms with E-state index in [2.05, 4.69) is 200 Å². The molecule has 0 aliphatic heterocycles. The Morgan fingerprint density at radius 2 is 1.10 bits per heavy atom. The van der Waals surface area contributed by atoms with Crippen molar-refractivity contribution < 1.29 is 12.0 Å². The number of rotatable bonds is 8. The molecule has 2 heterocycles. The molecule has 4 heteroatoms. The lowest BCUT2D eigenvalue weighted by Crippen LogP contribution is -2.17. The van der Waals surface area contributed by atoms with Crippen LogP contribution in [0, 0.1) is 0 Å². The highest BCUT2D eigenvalue weighted by atomic mass is 16.3. The molecular formula is C64H73N3O. The van der Waals surface area contributed by atoms with Crippen molar-refractivity contribution in [2.75, 3.05) is 0 Å². The molecular weight excluding hydrogens is 827 g/mol. The fourth-order valence-corrected chi connectivity index (χ4v) is 9.20. The number of para-hydroxylation sites is 1. The second kappa shape index (κ2) is 17.7. The predicted molar refractivity (Wildman–Crippen MR) is 291 cm³/mol. The van der Waals surface area contributed by atoms with Gasteiger partial charge in [-0.15, -0.1) is 0 Å². The molecule has 0 aliphatic rings. The van der Waals surface area contributed by atoms with E-state index in [9.17, 15) is 5.11 Å². The summed E-state index contributed by atoms with van der Waals surface area (Å²) in [6, 6.07) is 32.7. The summed E-state index contributed by atoms with van der Waals surface area (Å²) in [5.41, 5.74) is 15.1. The smallest absolute Gasteiger partial charge is 0.149 e. The number of phenolic OH excluding ortho intramolecular Hbond substituents is 1. The van der Waals surface area contributed by atoms with Gasteiger partial charge in [-0.2, -0.15) is 0 Å².